The van der Waals surface area contributed by atoms with Crippen molar-refractivity contribution in [2.45, 2.75) is 50.7 Å². The Morgan fingerprint density at radius 3 is 2.71 bits per heavy atom. The zero-order valence-corrected chi connectivity index (χ0v) is 11.8. The molecule has 1 saturated carbocycles. The molecule has 1 fully saturated rings. The van der Waals surface area contributed by atoms with Gasteiger partial charge in [-0.3, -0.25) is 0 Å². The van der Waals surface area contributed by atoms with E-state index in [9.17, 15) is 0 Å². The Morgan fingerprint density at radius 2 is 2.12 bits per heavy atom. The molecule has 1 aromatic rings. The SMILES string of the molecule is CNC(C)c1csc(C2(OC)CCCCC2)n1. The largest absolute Gasteiger partial charge is 0.371 e. The molecule has 17 heavy (non-hydrogen) atoms. The summed E-state index contributed by atoms with van der Waals surface area (Å²) in [6, 6.07) is 0.317. The molecule has 0 spiro atoms. The predicted octanol–water partition coefficient (Wildman–Crippen LogP) is 3.23. The molecule has 1 atom stereocenters. The standard InChI is InChI=1S/C13H22N2OS/c1-10(14-2)11-9-17-12(15-11)13(16-3)7-5-4-6-8-13/h9-10,14H,4-8H2,1-3H3. The number of thiazole rings is 1. The van der Waals surface area contributed by atoms with Crippen LogP contribution in [0.1, 0.15) is 55.8 Å². The Morgan fingerprint density at radius 1 is 1.41 bits per heavy atom. The molecule has 1 aromatic heterocycles. The topological polar surface area (TPSA) is 34.1 Å². The Hall–Kier alpha value is -0.450. The highest BCUT2D eigenvalue weighted by Crippen LogP contribution is 2.41. The Kier molecular flexibility index (Phi) is 4.17. The van der Waals surface area contributed by atoms with E-state index in [-0.39, 0.29) is 5.60 Å². The molecule has 1 N–H and O–H groups in total. The molecule has 0 aliphatic heterocycles. The van der Waals surface area contributed by atoms with Crippen LogP contribution in [0.2, 0.25) is 0 Å². The summed E-state index contributed by atoms with van der Waals surface area (Å²) in [5.74, 6) is 0. The number of nitrogens with zero attached hydrogens (tertiary/aromatic N) is 1. The quantitative estimate of drug-likeness (QED) is 0.895. The van der Waals surface area contributed by atoms with Crippen LogP contribution in [0.25, 0.3) is 0 Å². The number of rotatable bonds is 4. The van der Waals surface area contributed by atoms with Crippen LogP contribution in [0.4, 0.5) is 0 Å². The van der Waals surface area contributed by atoms with Gasteiger partial charge in [-0.25, -0.2) is 4.98 Å². The van der Waals surface area contributed by atoms with Crippen LogP contribution >= 0.6 is 11.3 Å². The molecule has 0 bridgehead atoms. The molecule has 1 unspecified atom stereocenters. The Labute approximate surface area is 108 Å². The summed E-state index contributed by atoms with van der Waals surface area (Å²) < 4.78 is 5.82. The second kappa shape index (κ2) is 5.46. The molecule has 2 rings (SSSR count). The van der Waals surface area contributed by atoms with E-state index in [2.05, 4.69) is 17.6 Å². The van der Waals surface area contributed by atoms with Crippen molar-refractivity contribution < 1.29 is 4.74 Å². The number of hydrogen-bond acceptors (Lipinski definition) is 4. The van der Waals surface area contributed by atoms with Gasteiger partial charge < -0.3 is 10.1 Å². The smallest absolute Gasteiger partial charge is 0.125 e. The average Bonchev–Trinajstić information content (AvgIpc) is 2.88. The van der Waals surface area contributed by atoms with Crippen LogP contribution in [0.15, 0.2) is 5.38 Å². The maximum Gasteiger partial charge on any atom is 0.125 e. The van der Waals surface area contributed by atoms with Gasteiger partial charge in [0.25, 0.3) is 0 Å². The third-order valence-electron chi connectivity index (χ3n) is 3.84. The van der Waals surface area contributed by atoms with Crippen molar-refractivity contribution in [2.24, 2.45) is 0 Å². The summed E-state index contributed by atoms with van der Waals surface area (Å²) in [5, 5.41) is 6.55. The highest BCUT2D eigenvalue weighted by molar-refractivity contribution is 7.09. The molecule has 0 amide bonds. The minimum atomic E-state index is -0.103. The molecular weight excluding hydrogens is 232 g/mol. The van der Waals surface area contributed by atoms with Gasteiger partial charge in [-0.05, 0) is 26.8 Å². The predicted molar refractivity (Wildman–Crippen MR) is 71.4 cm³/mol. The number of ether oxygens (including phenoxy) is 1. The van der Waals surface area contributed by atoms with E-state index in [1.165, 1.54) is 19.3 Å². The molecular formula is C13H22N2OS. The van der Waals surface area contributed by atoms with Crippen LogP contribution in [0.3, 0.4) is 0 Å². The molecule has 3 nitrogen and oxygen atoms in total. The summed E-state index contributed by atoms with van der Waals surface area (Å²) in [7, 11) is 3.80. The van der Waals surface area contributed by atoms with Gasteiger partial charge in [-0.15, -0.1) is 11.3 Å². The lowest BCUT2D eigenvalue weighted by Gasteiger charge is -2.34. The lowest BCUT2D eigenvalue weighted by Crippen LogP contribution is -2.31. The second-order valence-corrected chi connectivity index (χ2v) is 5.71. The number of hydrogen-bond donors (Lipinski definition) is 1. The highest BCUT2D eigenvalue weighted by Gasteiger charge is 2.36. The van der Waals surface area contributed by atoms with E-state index < -0.39 is 0 Å². The Balaban J connectivity index is 2.22. The van der Waals surface area contributed by atoms with Crippen LogP contribution in [0, 0.1) is 0 Å². The van der Waals surface area contributed by atoms with Crippen molar-refractivity contribution in [2.75, 3.05) is 14.2 Å². The first-order valence-electron chi connectivity index (χ1n) is 6.40. The van der Waals surface area contributed by atoms with Crippen molar-refractivity contribution in [1.29, 1.82) is 0 Å². The fraction of sp³-hybridized carbons (Fsp3) is 0.769. The first-order chi connectivity index (χ1) is 8.22. The summed E-state index contributed by atoms with van der Waals surface area (Å²) in [5.41, 5.74) is 1.03. The molecule has 1 aliphatic carbocycles. The normalized spacial score (nSPS) is 21.4. The molecule has 4 heteroatoms. The highest BCUT2D eigenvalue weighted by atomic mass is 32.1. The monoisotopic (exact) mass is 254 g/mol. The summed E-state index contributed by atoms with van der Waals surface area (Å²) in [6.45, 7) is 2.14. The van der Waals surface area contributed by atoms with Crippen molar-refractivity contribution >= 4 is 11.3 Å². The van der Waals surface area contributed by atoms with Gasteiger partial charge in [0, 0.05) is 18.5 Å². The van der Waals surface area contributed by atoms with Crippen LogP contribution in [-0.4, -0.2) is 19.1 Å². The second-order valence-electron chi connectivity index (χ2n) is 4.85. The zero-order chi connectivity index (χ0) is 12.3. The van der Waals surface area contributed by atoms with Gasteiger partial charge >= 0.3 is 0 Å². The number of nitrogens with one attached hydrogen (secondary N) is 1. The fourth-order valence-corrected chi connectivity index (χ4v) is 3.62. The van der Waals surface area contributed by atoms with E-state index in [4.69, 9.17) is 9.72 Å². The van der Waals surface area contributed by atoms with Gasteiger partial charge in [0.05, 0.1) is 5.69 Å². The van der Waals surface area contributed by atoms with Gasteiger partial charge in [0.1, 0.15) is 10.6 Å². The third kappa shape index (κ3) is 2.54. The van der Waals surface area contributed by atoms with Gasteiger partial charge in [0.15, 0.2) is 0 Å². The fourth-order valence-electron chi connectivity index (χ4n) is 2.47. The van der Waals surface area contributed by atoms with Crippen molar-refractivity contribution in [3.63, 3.8) is 0 Å². The first-order valence-corrected chi connectivity index (χ1v) is 7.28. The van der Waals surface area contributed by atoms with Crippen molar-refractivity contribution in [3.05, 3.63) is 16.1 Å². The molecule has 0 aromatic carbocycles. The zero-order valence-electron chi connectivity index (χ0n) is 11.0. The molecule has 1 aliphatic rings. The molecule has 1 heterocycles. The van der Waals surface area contributed by atoms with E-state index >= 15 is 0 Å². The maximum absolute atomic E-state index is 5.82. The maximum atomic E-state index is 5.82. The summed E-state index contributed by atoms with van der Waals surface area (Å²) in [6.07, 6.45) is 6.07. The Bertz CT molecular complexity index is 358. The lowest BCUT2D eigenvalue weighted by atomic mass is 9.85. The van der Waals surface area contributed by atoms with Crippen LogP contribution < -0.4 is 5.32 Å². The van der Waals surface area contributed by atoms with Gasteiger partial charge in [-0.2, -0.15) is 0 Å². The molecule has 0 saturated heterocycles. The van der Waals surface area contributed by atoms with Crippen LogP contribution in [-0.2, 0) is 10.3 Å². The van der Waals surface area contributed by atoms with E-state index in [1.54, 1.807) is 11.3 Å². The van der Waals surface area contributed by atoms with Crippen molar-refractivity contribution in [1.82, 2.24) is 10.3 Å². The van der Waals surface area contributed by atoms with E-state index in [0.29, 0.717) is 6.04 Å². The van der Waals surface area contributed by atoms with Crippen molar-refractivity contribution in [3.8, 4) is 0 Å². The van der Waals surface area contributed by atoms with Gasteiger partial charge in [-0.1, -0.05) is 19.3 Å². The molecule has 96 valence electrons. The van der Waals surface area contributed by atoms with E-state index in [0.717, 1.165) is 23.5 Å². The average molecular weight is 254 g/mol. The minimum absolute atomic E-state index is 0.103. The number of aromatic nitrogens is 1. The van der Waals surface area contributed by atoms with Crippen LogP contribution in [0.5, 0.6) is 0 Å². The third-order valence-corrected chi connectivity index (χ3v) is 4.89. The first kappa shape index (κ1) is 13.0. The minimum Gasteiger partial charge on any atom is -0.371 e. The number of methoxy groups -OCH3 is 1. The summed E-state index contributed by atoms with van der Waals surface area (Å²) >= 11 is 1.75. The van der Waals surface area contributed by atoms with Gasteiger partial charge in [0.2, 0.25) is 0 Å². The van der Waals surface area contributed by atoms with E-state index in [1.807, 2.05) is 14.2 Å². The lowest BCUT2D eigenvalue weighted by molar-refractivity contribution is -0.0447. The summed E-state index contributed by atoms with van der Waals surface area (Å²) in [4.78, 5) is 4.78. The molecule has 0 radical (unpaired) electrons.